The number of ether oxygens (including phenoxy) is 2. The molecule has 0 N–H and O–H groups in total. The van der Waals surface area contributed by atoms with Gasteiger partial charge in [0.25, 0.3) is 0 Å². The van der Waals surface area contributed by atoms with Gasteiger partial charge in [0.1, 0.15) is 6.29 Å². The van der Waals surface area contributed by atoms with Crippen molar-refractivity contribution < 1.29 is 14.3 Å². The van der Waals surface area contributed by atoms with E-state index in [2.05, 4.69) is 0 Å². The quantitative estimate of drug-likeness (QED) is 0.736. The third-order valence-corrected chi connectivity index (χ3v) is 5.52. The lowest BCUT2D eigenvalue weighted by Gasteiger charge is -2.37. The van der Waals surface area contributed by atoms with Gasteiger partial charge >= 0.3 is 0 Å². The molecule has 0 aromatic carbocycles. The highest BCUT2D eigenvalue weighted by Gasteiger charge is 2.34. The SMILES string of the molecule is O=C[C@H]1CC[C@H]([C@H]2CC[C@H](C3OCCO3)CC2)CC1. The summed E-state index contributed by atoms with van der Waals surface area (Å²) in [5.41, 5.74) is 0. The fraction of sp³-hybridized carbons (Fsp3) is 0.938. The Kier molecular flexibility index (Phi) is 4.54. The second-order valence-electron chi connectivity index (χ2n) is 6.60. The van der Waals surface area contributed by atoms with E-state index in [-0.39, 0.29) is 6.29 Å². The average Bonchev–Trinajstić information content (AvgIpc) is 3.02. The first-order valence-electron chi connectivity index (χ1n) is 8.05. The van der Waals surface area contributed by atoms with Gasteiger partial charge in [-0.15, -0.1) is 0 Å². The van der Waals surface area contributed by atoms with E-state index in [1.165, 1.54) is 44.8 Å². The Bertz CT molecular complexity index is 282. The minimum atomic E-state index is 0.0896. The highest BCUT2D eigenvalue weighted by Crippen LogP contribution is 2.42. The number of rotatable bonds is 3. The fourth-order valence-electron chi connectivity index (χ4n) is 4.29. The van der Waals surface area contributed by atoms with Crippen LogP contribution in [0.15, 0.2) is 0 Å². The lowest BCUT2D eigenvalue weighted by molar-refractivity contribution is -0.112. The molecule has 3 heteroatoms. The van der Waals surface area contributed by atoms with Crippen LogP contribution in [0.3, 0.4) is 0 Å². The summed E-state index contributed by atoms with van der Waals surface area (Å²) in [4.78, 5) is 10.8. The zero-order valence-corrected chi connectivity index (χ0v) is 11.8. The standard InChI is InChI=1S/C16H26O3/c17-11-12-1-3-13(4-2-12)14-5-7-15(8-6-14)16-18-9-10-19-16/h11-16H,1-10H2/t12-,13-,14-,15-. The van der Waals surface area contributed by atoms with E-state index in [0.717, 1.165) is 37.9 Å². The molecule has 108 valence electrons. The lowest BCUT2D eigenvalue weighted by Crippen LogP contribution is -2.30. The van der Waals surface area contributed by atoms with Crippen LogP contribution in [0, 0.1) is 23.7 Å². The Hall–Kier alpha value is -0.410. The molecule has 0 aromatic heterocycles. The molecule has 1 saturated heterocycles. The maximum absolute atomic E-state index is 10.8. The van der Waals surface area contributed by atoms with E-state index in [1.807, 2.05) is 0 Å². The maximum atomic E-state index is 10.8. The number of hydrogen-bond acceptors (Lipinski definition) is 3. The monoisotopic (exact) mass is 266 g/mol. The van der Waals surface area contributed by atoms with Gasteiger partial charge in [-0.05, 0) is 63.2 Å². The van der Waals surface area contributed by atoms with E-state index in [9.17, 15) is 4.79 Å². The van der Waals surface area contributed by atoms with Crippen LogP contribution in [0.5, 0.6) is 0 Å². The molecule has 0 spiro atoms. The molecule has 1 aliphatic heterocycles. The average molecular weight is 266 g/mol. The second kappa shape index (κ2) is 6.36. The minimum Gasteiger partial charge on any atom is -0.350 e. The minimum absolute atomic E-state index is 0.0896. The van der Waals surface area contributed by atoms with Crippen LogP contribution >= 0.6 is 0 Å². The largest absolute Gasteiger partial charge is 0.350 e. The summed E-state index contributed by atoms with van der Waals surface area (Å²) in [6, 6.07) is 0. The lowest BCUT2D eigenvalue weighted by atomic mass is 9.69. The Morgan fingerprint density at radius 3 is 1.68 bits per heavy atom. The van der Waals surface area contributed by atoms with Crippen LogP contribution in [-0.4, -0.2) is 25.8 Å². The normalized spacial score (nSPS) is 41.3. The Balaban J connectivity index is 1.43. The van der Waals surface area contributed by atoms with Gasteiger partial charge in [-0.25, -0.2) is 0 Å². The predicted octanol–water partition coefficient (Wildman–Crippen LogP) is 3.17. The molecule has 0 bridgehead atoms. The van der Waals surface area contributed by atoms with Crippen molar-refractivity contribution >= 4 is 6.29 Å². The summed E-state index contributed by atoms with van der Waals surface area (Å²) in [5.74, 6) is 2.76. The molecule has 3 nitrogen and oxygen atoms in total. The molecule has 2 aliphatic carbocycles. The van der Waals surface area contributed by atoms with Crippen LogP contribution in [0.4, 0.5) is 0 Å². The third kappa shape index (κ3) is 3.19. The van der Waals surface area contributed by atoms with E-state index in [1.54, 1.807) is 0 Å². The van der Waals surface area contributed by atoms with Crippen molar-refractivity contribution in [2.45, 2.75) is 57.7 Å². The number of aldehydes is 1. The maximum Gasteiger partial charge on any atom is 0.160 e. The summed E-state index contributed by atoms with van der Waals surface area (Å²) in [7, 11) is 0. The zero-order valence-electron chi connectivity index (χ0n) is 11.8. The summed E-state index contributed by atoms with van der Waals surface area (Å²) in [6.45, 7) is 1.56. The molecule has 3 rings (SSSR count). The van der Waals surface area contributed by atoms with Gasteiger partial charge in [-0.1, -0.05) is 0 Å². The van der Waals surface area contributed by atoms with Crippen molar-refractivity contribution in [3.63, 3.8) is 0 Å². The summed E-state index contributed by atoms with van der Waals surface area (Å²) >= 11 is 0. The van der Waals surface area contributed by atoms with Crippen molar-refractivity contribution in [3.05, 3.63) is 0 Å². The van der Waals surface area contributed by atoms with Crippen molar-refractivity contribution in [1.29, 1.82) is 0 Å². The van der Waals surface area contributed by atoms with E-state index >= 15 is 0 Å². The molecule has 0 unspecified atom stereocenters. The van der Waals surface area contributed by atoms with Crippen molar-refractivity contribution in [1.82, 2.24) is 0 Å². The molecular weight excluding hydrogens is 240 g/mol. The first kappa shape index (κ1) is 13.6. The van der Waals surface area contributed by atoms with Gasteiger partial charge in [-0.3, -0.25) is 0 Å². The second-order valence-corrected chi connectivity index (χ2v) is 6.60. The molecule has 0 aromatic rings. The number of carbonyl (C=O) groups is 1. The van der Waals surface area contributed by atoms with Crippen LogP contribution in [0.2, 0.25) is 0 Å². The Labute approximate surface area is 116 Å². The smallest absolute Gasteiger partial charge is 0.160 e. The highest BCUT2D eigenvalue weighted by atomic mass is 16.7. The van der Waals surface area contributed by atoms with Gasteiger partial charge in [0, 0.05) is 11.8 Å². The van der Waals surface area contributed by atoms with Gasteiger partial charge in [-0.2, -0.15) is 0 Å². The zero-order chi connectivity index (χ0) is 13.1. The molecular formula is C16H26O3. The molecule has 0 atom stereocenters. The first-order chi connectivity index (χ1) is 9.36. The van der Waals surface area contributed by atoms with Crippen LogP contribution in [0.25, 0.3) is 0 Å². The van der Waals surface area contributed by atoms with Crippen LogP contribution in [0.1, 0.15) is 51.4 Å². The summed E-state index contributed by atoms with van der Waals surface area (Å²) < 4.78 is 11.3. The fourth-order valence-corrected chi connectivity index (χ4v) is 4.29. The van der Waals surface area contributed by atoms with Crippen LogP contribution in [-0.2, 0) is 14.3 Å². The van der Waals surface area contributed by atoms with Crippen molar-refractivity contribution in [3.8, 4) is 0 Å². The van der Waals surface area contributed by atoms with Crippen LogP contribution < -0.4 is 0 Å². The number of carbonyl (C=O) groups excluding carboxylic acids is 1. The molecule has 2 saturated carbocycles. The highest BCUT2D eigenvalue weighted by molar-refractivity contribution is 5.53. The van der Waals surface area contributed by atoms with Gasteiger partial charge < -0.3 is 14.3 Å². The molecule has 3 aliphatic rings. The topological polar surface area (TPSA) is 35.5 Å². The summed E-state index contributed by atoms with van der Waals surface area (Å²) in [6.07, 6.45) is 11.3. The summed E-state index contributed by atoms with van der Waals surface area (Å²) in [5, 5.41) is 0. The Morgan fingerprint density at radius 2 is 1.16 bits per heavy atom. The Morgan fingerprint density at radius 1 is 0.684 bits per heavy atom. The van der Waals surface area contributed by atoms with E-state index in [4.69, 9.17) is 9.47 Å². The third-order valence-electron chi connectivity index (χ3n) is 5.52. The molecule has 19 heavy (non-hydrogen) atoms. The number of hydrogen-bond donors (Lipinski definition) is 0. The van der Waals surface area contributed by atoms with Crippen molar-refractivity contribution in [2.75, 3.05) is 13.2 Å². The van der Waals surface area contributed by atoms with Gasteiger partial charge in [0.05, 0.1) is 13.2 Å². The van der Waals surface area contributed by atoms with Gasteiger partial charge in [0.15, 0.2) is 6.29 Å². The first-order valence-corrected chi connectivity index (χ1v) is 8.05. The van der Waals surface area contributed by atoms with E-state index in [0.29, 0.717) is 11.8 Å². The van der Waals surface area contributed by atoms with Gasteiger partial charge in [0.2, 0.25) is 0 Å². The molecule has 0 radical (unpaired) electrons. The predicted molar refractivity (Wildman–Crippen MR) is 72.7 cm³/mol. The molecule has 1 heterocycles. The molecule has 0 amide bonds. The molecule has 3 fully saturated rings. The van der Waals surface area contributed by atoms with Crippen molar-refractivity contribution in [2.24, 2.45) is 23.7 Å². The van der Waals surface area contributed by atoms with E-state index < -0.39 is 0 Å².